The van der Waals surface area contributed by atoms with Gasteiger partial charge in [-0.15, -0.1) is 11.3 Å². The number of nitrogens with one attached hydrogen (secondary N) is 4. The summed E-state index contributed by atoms with van der Waals surface area (Å²) in [5.74, 6) is 0.944. The van der Waals surface area contributed by atoms with E-state index in [0.29, 0.717) is 21.9 Å². The van der Waals surface area contributed by atoms with Gasteiger partial charge in [-0.2, -0.15) is 4.98 Å². The van der Waals surface area contributed by atoms with Crippen molar-refractivity contribution in [3.8, 4) is 0 Å². The summed E-state index contributed by atoms with van der Waals surface area (Å²) in [5.41, 5.74) is 4.56. The Morgan fingerprint density at radius 1 is 1.03 bits per heavy atom. The number of carbonyl (C=O) groups is 1. The van der Waals surface area contributed by atoms with Crippen molar-refractivity contribution in [3.05, 3.63) is 75.9 Å². The molecule has 0 spiro atoms. The fraction of sp³-hybridized carbons (Fsp3) is 0.130. The summed E-state index contributed by atoms with van der Waals surface area (Å²) in [4.78, 5) is 26.6. The highest BCUT2D eigenvalue weighted by atomic mass is 35.5. The molecule has 1 aliphatic rings. The Balaban J connectivity index is 1.47. The number of urea groups is 1. The lowest BCUT2D eigenvalue weighted by Crippen LogP contribution is -2.20. The van der Waals surface area contributed by atoms with Gasteiger partial charge in [-0.25, -0.2) is 14.8 Å². The maximum atomic E-state index is 12.6. The number of carbonyl (C=O) groups excluding carboxylic acids is 1. The van der Waals surface area contributed by atoms with E-state index in [0.717, 1.165) is 45.9 Å². The first-order valence-corrected chi connectivity index (χ1v) is 11.5. The number of halogens is 1. The predicted octanol–water partition coefficient (Wildman–Crippen LogP) is 6.12. The SMILES string of the molecule is Cc1cnc(NC(=O)Nc2ccc3cc2CCc2cccc(c2)Nc2ncc(Cl)c(n2)N3)s1. The van der Waals surface area contributed by atoms with E-state index < -0.39 is 0 Å². The molecule has 10 heteroatoms. The standard InChI is InChI=1S/C23H20ClN7OS/c1-13-11-26-23(33-13)31-22(32)29-19-8-7-17-10-15(19)6-5-14-3-2-4-16(9-14)28-21-25-12-18(24)20(27-17)30-21/h2-4,7-12H,5-6H2,1H3,(H2,25,27,28,30)(H2,26,29,31,32). The Kier molecular flexibility index (Phi) is 5.80. The second-order valence-electron chi connectivity index (χ2n) is 7.57. The first-order valence-electron chi connectivity index (χ1n) is 10.3. The summed E-state index contributed by atoms with van der Waals surface area (Å²) in [6, 6.07) is 13.5. The Labute approximate surface area is 199 Å². The Bertz CT molecular complexity index is 1340. The van der Waals surface area contributed by atoms with Crippen LogP contribution in [0.2, 0.25) is 5.02 Å². The number of benzene rings is 2. The molecule has 166 valence electrons. The van der Waals surface area contributed by atoms with Crippen molar-refractivity contribution in [2.24, 2.45) is 0 Å². The molecule has 0 radical (unpaired) electrons. The summed E-state index contributed by atoms with van der Waals surface area (Å²) < 4.78 is 0. The van der Waals surface area contributed by atoms with E-state index in [9.17, 15) is 4.79 Å². The third kappa shape index (κ3) is 5.05. The number of fused-ring (bicyclic) bond motifs is 6. The van der Waals surface area contributed by atoms with Crippen molar-refractivity contribution in [2.75, 3.05) is 21.3 Å². The van der Waals surface area contributed by atoms with Crippen molar-refractivity contribution in [1.29, 1.82) is 0 Å². The normalized spacial score (nSPS) is 12.3. The van der Waals surface area contributed by atoms with Gasteiger partial charge in [0.2, 0.25) is 5.95 Å². The molecule has 8 nitrogen and oxygen atoms in total. The molecule has 33 heavy (non-hydrogen) atoms. The van der Waals surface area contributed by atoms with Crippen molar-refractivity contribution in [1.82, 2.24) is 15.0 Å². The molecule has 2 aromatic carbocycles. The van der Waals surface area contributed by atoms with Gasteiger partial charge in [-0.05, 0) is 61.2 Å². The van der Waals surface area contributed by atoms with E-state index in [1.165, 1.54) is 11.3 Å². The number of hydrogen-bond acceptors (Lipinski definition) is 7. The van der Waals surface area contributed by atoms with E-state index in [1.54, 1.807) is 12.4 Å². The molecular weight excluding hydrogens is 458 g/mol. The molecule has 3 heterocycles. The van der Waals surface area contributed by atoms with Gasteiger partial charge in [0, 0.05) is 28.1 Å². The molecule has 0 unspecified atom stereocenters. The minimum atomic E-state index is -0.334. The minimum Gasteiger partial charge on any atom is -0.339 e. The van der Waals surface area contributed by atoms with Crippen LogP contribution in [0.5, 0.6) is 0 Å². The summed E-state index contributed by atoms with van der Waals surface area (Å²) >= 11 is 7.75. The largest absolute Gasteiger partial charge is 0.339 e. The first-order chi connectivity index (χ1) is 16.0. The molecule has 2 aromatic heterocycles. The zero-order valence-electron chi connectivity index (χ0n) is 17.6. The second kappa shape index (κ2) is 9.05. The molecule has 2 amide bonds. The lowest BCUT2D eigenvalue weighted by atomic mass is 10.0. The van der Waals surface area contributed by atoms with Crippen LogP contribution in [-0.2, 0) is 12.8 Å². The number of aromatic nitrogens is 3. The highest BCUT2D eigenvalue weighted by molar-refractivity contribution is 7.15. The number of hydrogen-bond donors (Lipinski definition) is 4. The molecule has 0 saturated heterocycles. The lowest BCUT2D eigenvalue weighted by Gasteiger charge is -2.14. The van der Waals surface area contributed by atoms with Crippen LogP contribution in [0, 0.1) is 6.92 Å². The summed E-state index contributed by atoms with van der Waals surface area (Å²) in [5, 5.41) is 13.2. The molecule has 5 rings (SSSR count). The van der Waals surface area contributed by atoms with Crippen molar-refractivity contribution in [3.63, 3.8) is 0 Å². The number of thiazole rings is 1. The molecule has 0 aliphatic carbocycles. The third-order valence-corrected chi connectivity index (χ3v) is 6.17. The van der Waals surface area contributed by atoms with Gasteiger partial charge >= 0.3 is 6.03 Å². The monoisotopic (exact) mass is 477 g/mol. The maximum absolute atomic E-state index is 12.6. The minimum absolute atomic E-state index is 0.334. The van der Waals surface area contributed by atoms with E-state index in [4.69, 9.17) is 11.6 Å². The van der Waals surface area contributed by atoms with Crippen LogP contribution >= 0.6 is 22.9 Å². The van der Waals surface area contributed by atoms with Crippen molar-refractivity contribution in [2.45, 2.75) is 19.8 Å². The maximum Gasteiger partial charge on any atom is 0.325 e. The number of nitrogens with zero attached hydrogens (tertiary/aromatic N) is 3. The van der Waals surface area contributed by atoms with E-state index in [2.05, 4.69) is 48.4 Å². The van der Waals surface area contributed by atoms with Crippen LogP contribution in [0.25, 0.3) is 0 Å². The predicted molar refractivity (Wildman–Crippen MR) is 133 cm³/mol. The molecule has 0 atom stereocenters. The Morgan fingerprint density at radius 2 is 1.91 bits per heavy atom. The van der Waals surface area contributed by atoms with Crippen LogP contribution in [-0.4, -0.2) is 21.0 Å². The molecular formula is C23H20ClN7OS. The molecule has 0 saturated carbocycles. The third-order valence-electron chi connectivity index (χ3n) is 5.07. The molecule has 0 fully saturated rings. The average molecular weight is 478 g/mol. The number of rotatable bonds is 2. The smallest absolute Gasteiger partial charge is 0.325 e. The summed E-state index contributed by atoms with van der Waals surface area (Å²) in [7, 11) is 0. The van der Waals surface area contributed by atoms with Crippen molar-refractivity contribution >= 4 is 62.9 Å². The Morgan fingerprint density at radius 3 is 2.76 bits per heavy atom. The van der Waals surface area contributed by atoms with Crippen LogP contribution in [0.3, 0.4) is 0 Å². The van der Waals surface area contributed by atoms with Crippen LogP contribution in [0.4, 0.5) is 38.8 Å². The summed E-state index contributed by atoms with van der Waals surface area (Å²) in [6.07, 6.45) is 4.80. The quantitative estimate of drug-likeness (QED) is 0.277. The Hall–Kier alpha value is -3.69. The number of amides is 2. The van der Waals surface area contributed by atoms with Gasteiger partial charge < -0.3 is 16.0 Å². The molecule has 6 bridgehead atoms. The number of aryl methyl sites for hydroxylation is 3. The summed E-state index contributed by atoms with van der Waals surface area (Å²) in [6.45, 7) is 1.94. The van der Waals surface area contributed by atoms with E-state index in [-0.39, 0.29) is 6.03 Å². The zero-order chi connectivity index (χ0) is 22.8. The fourth-order valence-corrected chi connectivity index (χ4v) is 4.33. The van der Waals surface area contributed by atoms with Crippen LogP contribution in [0.15, 0.2) is 54.9 Å². The zero-order valence-corrected chi connectivity index (χ0v) is 19.2. The average Bonchev–Trinajstić information content (AvgIpc) is 3.20. The second-order valence-corrected chi connectivity index (χ2v) is 9.21. The van der Waals surface area contributed by atoms with Gasteiger partial charge in [-0.3, -0.25) is 5.32 Å². The van der Waals surface area contributed by atoms with Gasteiger partial charge in [0.05, 0.1) is 6.20 Å². The first kappa shape index (κ1) is 21.2. The molecule has 4 N–H and O–H groups in total. The fourth-order valence-electron chi connectivity index (χ4n) is 3.53. The van der Waals surface area contributed by atoms with E-state index in [1.807, 2.05) is 37.3 Å². The van der Waals surface area contributed by atoms with Gasteiger partial charge in [0.1, 0.15) is 5.02 Å². The van der Waals surface area contributed by atoms with Gasteiger partial charge in [-0.1, -0.05) is 23.7 Å². The number of anilines is 6. The van der Waals surface area contributed by atoms with Gasteiger partial charge in [0.25, 0.3) is 0 Å². The molecule has 1 aliphatic heterocycles. The highest BCUT2D eigenvalue weighted by Crippen LogP contribution is 2.29. The lowest BCUT2D eigenvalue weighted by molar-refractivity contribution is 0.262. The molecule has 4 aromatic rings. The van der Waals surface area contributed by atoms with E-state index >= 15 is 0 Å². The van der Waals surface area contributed by atoms with Crippen LogP contribution < -0.4 is 21.3 Å². The van der Waals surface area contributed by atoms with Crippen molar-refractivity contribution < 1.29 is 4.79 Å². The van der Waals surface area contributed by atoms with Crippen LogP contribution in [0.1, 0.15) is 16.0 Å². The highest BCUT2D eigenvalue weighted by Gasteiger charge is 2.13. The van der Waals surface area contributed by atoms with Gasteiger partial charge in [0.15, 0.2) is 10.9 Å². The topological polar surface area (TPSA) is 104 Å².